The molecule has 1 N–H and O–H groups in total. The van der Waals surface area contributed by atoms with Crippen molar-refractivity contribution in [3.8, 4) is 5.75 Å². The van der Waals surface area contributed by atoms with Crippen LogP contribution in [-0.2, 0) is 0 Å². The Balaban J connectivity index is 1.38. The van der Waals surface area contributed by atoms with Crippen molar-refractivity contribution >= 4 is 23.1 Å². The number of hydrogen-bond acceptors (Lipinski definition) is 4. The van der Waals surface area contributed by atoms with E-state index in [4.69, 9.17) is 4.74 Å². The van der Waals surface area contributed by atoms with E-state index < -0.39 is 11.6 Å². The minimum atomic E-state index is -0.645. The van der Waals surface area contributed by atoms with E-state index in [1.807, 2.05) is 24.3 Å². The molecular weight excluding hydrogens is 390 g/mol. The molecule has 0 bridgehead atoms. The third kappa shape index (κ3) is 4.13. The largest absolute Gasteiger partial charge is 0.495 e. The van der Waals surface area contributed by atoms with E-state index in [0.717, 1.165) is 24.3 Å². The first kappa shape index (κ1) is 20.3. The van der Waals surface area contributed by atoms with Gasteiger partial charge in [-0.25, -0.2) is 13.6 Å². The summed E-state index contributed by atoms with van der Waals surface area (Å²) in [5, 5.41) is 2.63. The van der Waals surface area contributed by atoms with E-state index in [-0.39, 0.29) is 17.4 Å². The highest BCUT2D eigenvalue weighted by Crippen LogP contribution is 2.30. The van der Waals surface area contributed by atoms with Crippen molar-refractivity contribution in [2.75, 3.05) is 61.5 Å². The van der Waals surface area contributed by atoms with Gasteiger partial charge in [0.2, 0.25) is 0 Å². The average Bonchev–Trinajstić information content (AvgIpc) is 3.27. The Morgan fingerprint density at radius 1 is 0.933 bits per heavy atom. The number of methoxy groups -OCH3 is 1. The van der Waals surface area contributed by atoms with Gasteiger partial charge in [0.15, 0.2) is 11.6 Å². The summed E-state index contributed by atoms with van der Waals surface area (Å²) in [6.45, 7) is 3.59. The van der Waals surface area contributed by atoms with Gasteiger partial charge >= 0.3 is 6.03 Å². The Morgan fingerprint density at radius 2 is 1.57 bits per heavy atom. The highest BCUT2D eigenvalue weighted by atomic mass is 19.1. The summed E-state index contributed by atoms with van der Waals surface area (Å²) in [5.74, 6) is -0.499. The standard InChI is InChI=1S/C22H26F2N4O2/c1-30-20-7-3-2-6-19(20)26-10-12-28(13-11-26)22(29)25-16-14-17(23)21(18(24)15-16)27-8-4-5-9-27/h2-3,6-7,14-15H,4-5,8-13H2,1H3,(H,25,29). The molecule has 2 amide bonds. The fourth-order valence-electron chi connectivity index (χ4n) is 4.12. The van der Waals surface area contributed by atoms with Crippen LogP contribution in [0.3, 0.4) is 0 Å². The van der Waals surface area contributed by atoms with E-state index in [1.165, 1.54) is 12.1 Å². The first-order valence-electron chi connectivity index (χ1n) is 10.2. The summed E-state index contributed by atoms with van der Waals surface area (Å²) in [6.07, 6.45) is 1.86. The maximum atomic E-state index is 14.5. The minimum Gasteiger partial charge on any atom is -0.495 e. The lowest BCUT2D eigenvalue weighted by Crippen LogP contribution is -2.50. The zero-order valence-electron chi connectivity index (χ0n) is 17.0. The smallest absolute Gasteiger partial charge is 0.321 e. The van der Waals surface area contributed by atoms with Crippen LogP contribution in [0.5, 0.6) is 5.75 Å². The number of halogens is 2. The van der Waals surface area contributed by atoms with Crippen LogP contribution in [-0.4, -0.2) is 57.3 Å². The average molecular weight is 416 g/mol. The summed E-state index contributed by atoms with van der Waals surface area (Å²) in [5.41, 5.74) is 1.11. The third-order valence-electron chi connectivity index (χ3n) is 5.68. The van der Waals surface area contributed by atoms with E-state index in [0.29, 0.717) is 39.3 Å². The first-order chi connectivity index (χ1) is 14.6. The fraction of sp³-hybridized carbons (Fsp3) is 0.409. The van der Waals surface area contributed by atoms with Crippen LogP contribution < -0.4 is 19.9 Å². The second-order valence-corrected chi connectivity index (χ2v) is 7.56. The molecule has 2 aliphatic heterocycles. The molecule has 0 unspecified atom stereocenters. The number of ether oxygens (including phenoxy) is 1. The maximum Gasteiger partial charge on any atom is 0.321 e. The molecule has 0 aliphatic carbocycles. The van der Waals surface area contributed by atoms with E-state index >= 15 is 0 Å². The van der Waals surface area contributed by atoms with E-state index in [2.05, 4.69) is 10.2 Å². The summed E-state index contributed by atoms with van der Waals surface area (Å²) >= 11 is 0. The van der Waals surface area contributed by atoms with Crippen LogP contribution in [0.2, 0.25) is 0 Å². The van der Waals surface area contributed by atoms with Crippen LogP contribution in [0.15, 0.2) is 36.4 Å². The molecule has 8 heteroatoms. The van der Waals surface area contributed by atoms with Crippen molar-refractivity contribution in [1.29, 1.82) is 0 Å². The monoisotopic (exact) mass is 416 g/mol. The molecule has 2 fully saturated rings. The lowest BCUT2D eigenvalue weighted by Gasteiger charge is -2.36. The minimum absolute atomic E-state index is 0.00378. The molecule has 0 radical (unpaired) electrons. The van der Waals surface area contributed by atoms with Gasteiger partial charge in [-0.15, -0.1) is 0 Å². The van der Waals surface area contributed by atoms with Crippen molar-refractivity contribution in [1.82, 2.24) is 4.90 Å². The SMILES string of the molecule is COc1ccccc1N1CCN(C(=O)Nc2cc(F)c(N3CCCC3)c(F)c2)CC1. The molecule has 4 rings (SSSR count). The van der Waals surface area contributed by atoms with E-state index in [9.17, 15) is 13.6 Å². The fourth-order valence-corrected chi connectivity index (χ4v) is 4.12. The van der Waals surface area contributed by atoms with Crippen LogP contribution >= 0.6 is 0 Å². The number of carbonyl (C=O) groups excluding carboxylic acids is 1. The number of hydrogen-bond donors (Lipinski definition) is 1. The predicted molar refractivity (Wildman–Crippen MR) is 114 cm³/mol. The molecule has 160 valence electrons. The third-order valence-corrected chi connectivity index (χ3v) is 5.68. The summed E-state index contributed by atoms with van der Waals surface area (Å²) in [7, 11) is 1.63. The number of piperazine rings is 1. The van der Waals surface area contributed by atoms with Gasteiger partial charge < -0.3 is 24.8 Å². The number of benzene rings is 2. The van der Waals surface area contributed by atoms with Gasteiger partial charge in [-0.2, -0.15) is 0 Å². The van der Waals surface area contributed by atoms with Crippen molar-refractivity contribution in [3.05, 3.63) is 48.0 Å². The Bertz CT molecular complexity index is 887. The van der Waals surface area contributed by atoms with Gasteiger partial charge in [0.1, 0.15) is 11.4 Å². The number of amides is 2. The molecule has 2 aliphatic rings. The van der Waals surface area contributed by atoms with Crippen molar-refractivity contribution in [3.63, 3.8) is 0 Å². The molecule has 2 aromatic rings. The lowest BCUT2D eigenvalue weighted by molar-refractivity contribution is 0.208. The van der Waals surface area contributed by atoms with Crippen molar-refractivity contribution < 1.29 is 18.3 Å². The molecule has 2 heterocycles. The maximum absolute atomic E-state index is 14.5. The Kier molecular flexibility index (Phi) is 5.92. The summed E-state index contributed by atoms with van der Waals surface area (Å²) in [4.78, 5) is 18.1. The second-order valence-electron chi connectivity index (χ2n) is 7.56. The molecular formula is C22H26F2N4O2. The van der Waals surface area contributed by atoms with E-state index in [1.54, 1.807) is 16.9 Å². The Labute approximate surface area is 175 Å². The van der Waals surface area contributed by atoms with Gasteiger partial charge in [-0.3, -0.25) is 0 Å². The zero-order valence-corrected chi connectivity index (χ0v) is 17.0. The lowest BCUT2D eigenvalue weighted by atomic mass is 10.2. The topological polar surface area (TPSA) is 48.1 Å². The summed E-state index contributed by atoms with van der Waals surface area (Å²) < 4.78 is 34.4. The number of urea groups is 1. The van der Waals surface area contributed by atoms with Gasteiger partial charge in [-0.1, -0.05) is 12.1 Å². The second kappa shape index (κ2) is 8.77. The Morgan fingerprint density at radius 3 is 2.20 bits per heavy atom. The number of anilines is 3. The molecule has 0 atom stereocenters. The van der Waals surface area contributed by atoms with Gasteiger partial charge in [0, 0.05) is 45.0 Å². The van der Waals surface area contributed by atoms with Crippen LogP contribution in [0, 0.1) is 11.6 Å². The van der Waals surface area contributed by atoms with Crippen LogP contribution in [0.1, 0.15) is 12.8 Å². The Hall–Kier alpha value is -3.03. The predicted octanol–water partition coefficient (Wildman–Crippen LogP) is 3.93. The van der Waals surface area contributed by atoms with Crippen LogP contribution in [0.4, 0.5) is 30.6 Å². The highest BCUT2D eigenvalue weighted by molar-refractivity contribution is 5.89. The normalized spacial score (nSPS) is 16.7. The molecule has 2 aromatic carbocycles. The molecule has 2 saturated heterocycles. The molecule has 0 spiro atoms. The van der Waals surface area contributed by atoms with Gasteiger partial charge in [0.25, 0.3) is 0 Å². The van der Waals surface area contributed by atoms with Gasteiger partial charge in [0.05, 0.1) is 12.8 Å². The van der Waals surface area contributed by atoms with Gasteiger partial charge in [-0.05, 0) is 37.1 Å². The quantitative estimate of drug-likeness (QED) is 0.821. The number of nitrogens with one attached hydrogen (secondary N) is 1. The molecule has 6 nitrogen and oxygen atoms in total. The summed E-state index contributed by atoms with van der Waals surface area (Å²) in [6, 6.07) is 9.79. The molecule has 0 saturated carbocycles. The van der Waals surface area contributed by atoms with Crippen LogP contribution in [0.25, 0.3) is 0 Å². The zero-order chi connectivity index (χ0) is 21.1. The number of nitrogens with zero attached hydrogens (tertiary/aromatic N) is 3. The highest BCUT2D eigenvalue weighted by Gasteiger charge is 2.25. The number of rotatable bonds is 4. The molecule has 0 aromatic heterocycles. The number of para-hydroxylation sites is 2. The first-order valence-corrected chi connectivity index (χ1v) is 10.2. The number of carbonyl (C=O) groups is 1. The van der Waals surface area contributed by atoms with Crippen molar-refractivity contribution in [2.24, 2.45) is 0 Å². The molecule has 30 heavy (non-hydrogen) atoms. The van der Waals surface area contributed by atoms with Crippen molar-refractivity contribution in [2.45, 2.75) is 12.8 Å².